The zero-order valence-corrected chi connectivity index (χ0v) is 14.0. The molecule has 0 spiro atoms. The molecule has 1 atom stereocenters. The highest BCUT2D eigenvalue weighted by molar-refractivity contribution is 6.42. The van der Waals surface area contributed by atoms with E-state index in [1.807, 2.05) is 29.9 Å². The smallest absolute Gasteiger partial charge is 0.138 e. The topological polar surface area (TPSA) is 42.7 Å². The van der Waals surface area contributed by atoms with E-state index in [2.05, 4.69) is 29.2 Å². The van der Waals surface area contributed by atoms with Crippen LogP contribution in [0.1, 0.15) is 31.3 Å². The van der Waals surface area contributed by atoms with Gasteiger partial charge in [-0.3, -0.25) is 0 Å². The number of halogens is 2. The summed E-state index contributed by atoms with van der Waals surface area (Å²) in [6, 6.07) is 5.82. The third-order valence-electron chi connectivity index (χ3n) is 3.31. The quantitative estimate of drug-likeness (QED) is 0.879. The van der Waals surface area contributed by atoms with Crippen molar-refractivity contribution in [1.82, 2.24) is 20.1 Å². The van der Waals surface area contributed by atoms with Gasteiger partial charge in [0.2, 0.25) is 0 Å². The molecule has 0 aliphatic rings. The van der Waals surface area contributed by atoms with Crippen molar-refractivity contribution < 1.29 is 0 Å². The molecule has 1 aromatic carbocycles. The number of benzene rings is 1. The van der Waals surface area contributed by atoms with E-state index in [1.54, 1.807) is 6.33 Å². The summed E-state index contributed by atoms with van der Waals surface area (Å²) in [6.07, 6.45) is 2.36. The minimum atomic E-state index is 0.120. The minimum absolute atomic E-state index is 0.120. The van der Waals surface area contributed by atoms with Crippen molar-refractivity contribution in [1.29, 1.82) is 0 Å². The number of hydrogen-bond acceptors (Lipinski definition) is 3. The van der Waals surface area contributed by atoms with E-state index in [4.69, 9.17) is 23.2 Å². The largest absolute Gasteiger partial charge is 0.313 e. The van der Waals surface area contributed by atoms with E-state index >= 15 is 0 Å². The van der Waals surface area contributed by atoms with Crippen LogP contribution in [0.2, 0.25) is 10.0 Å². The summed E-state index contributed by atoms with van der Waals surface area (Å²) < 4.78 is 1.96. The lowest BCUT2D eigenvalue weighted by Gasteiger charge is -2.18. The van der Waals surface area contributed by atoms with Crippen LogP contribution in [0.4, 0.5) is 0 Å². The molecule has 0 aliphatic heterocycles. The Morgan fingerprint density at radius 2 is 2.00 bits per heavy atom. The predicted molar refractivity (Wildman–Crippen MR) is 86.8 cm³/mol. The molecule has 0 bridgehead atoms. The first-order chi connectivity index (χ1) is 10.0. The molecule has 1 unspecified atom stereocenters. The zero-order valence-electron chi connectivity index (χ0n) is 12.5. The van der Waals surface area contributed by atoms with Gasteiger partial charge >= 0.3 is 0 Å². The molecule has 4 nitrogen and oxygen atoms in total. The summed E-state index contributed by atoms with van der Waals surface area (Å²) in [7, 11) is 1.93. The highest BCUT2D eigenvalue weighted by Crippen LogP contribution is 2.26. The van der Waals surface area contributed by atoms with Gasteiger partial charge in [0.25, 0.3) is 0 Å². The van der Waals surface area contributed by atoms with Crippen molar-refractivity contribution in [3.8, 4) is 0 Å². The third kappa shape index (κ3) is 4.19. The molecule has 114 valence electrons. The van der Waals surface area contributed by atoms with E-state index in [1.165, 1.54) is 0 Å². The molecule has 0 radical (unpaired) electrons. The summed E-state index contributed by atoms with van der Waals surface area (Å²) >= 11 is 12.1. The first kappa shape index (κ1) is 16.3. The standard InChI is InChI=1S/C15H20Cl2N4/c1-10(2)8-21-15(19-9-20-21)7-14(18-3)11-4-5-12(16)13(17)6-11/h4-6,9-10,14,18H,7-8H2,1-3H3. The Labute approximate surface area is 135 Å². The number of nitrogens with one attached hydrogen (secondary N) is 1. The highest BCUT2D eigenvalue weighted by atomic mass is 35.5. The maximum Gasteiger partial charge on any atom is 0.138 e. The molecule has 0 saturated heterocycles. The van der Waals surface area contributed by atoms with Gasteiger partial charge in [0.15, 0.2) is 0 Å². The first-order valence-corrected chi connectivity index (χ1v) is 7.75. The van der Waals surface area contributed by atoms with Crippen LogP contribution in [-0.4, -0.2) is 21.8 Å². The molecule has 1 heterocycles. The third-order valence-corrected chi connectivity index (χ3v) is 4.05. The maximum atomic E-state index is 6.10. The fraction of sp³-hybridized carbons (Fsp3) is 0.467. The number of nitrogens with zero attached hydrogens (tertiary/aromatic N) is 3. The maximum absolute atomic E-state index is 6.10. The molecule has 2 rings (SSSR count). The molecule has 0 amide bonds. The van der Waals surface area contributed by atoms with Crippen molar-refractivity contribution in [3.05, 3.63) is 46.0 Å². The fourth-order valence-corrected chi connectivity index (χ4v) is 2.55. The second-order valence-corrected chi connectivity index (χ2v) is 6.29. The van der Waals surface area contributed by atoms with Crippen molar-refractivity contribution in [2.75, 3.05) is 7.05 Å². The van der Waals surface area contributed by atoms with Crippen LogP contribution < -0.4 is 5.32 Å². The van der Waals surface area contributed by atoms with Crippen molar-refractivity contribution in [3.63, 3.8) is 0 Å². The van der Waals surface area contributed by atoms with Crippen molar-refractivity contribution >= 4 is 23.2 Å². The summed E-state index contributed by atoms with van der Waals surface area (Å²) in [4.78, 5) is 4.38. The monoisotopic (exact) mass is 326 g/mol. The molecule has 2 aromatic rings. The van der Waals surface area contributed by atoms with Gasteiger partial charge in [-0.25, -0.2) is 9.67 Å². The van der Waals surface area contributed by atoms with E-state index in [0.29, 0.717) is 16.0 Å². The molecule has 1 N–H and O–H groups in total. The number of hydrogen-bond donors (Lipinski definition) is 1. The molecule has 0 fully saturated rings. The molecule has 1 aromatic heterocycles. The average molecular weight is 327 g/mol. The van der Waals surface area contributed by atoms with Crippen LogP contribution in [0.5, 0.6) is 0 Å². The second-order valence-electron chi connectivity index (χ2n) is 5.47. The summed E-state index contributed by atoms with van der Waals surface area (Å²) in [5, 5.41) is 8.74. The van der Waals surface area contributed by atoms with Crippen molar-refractivity contribution in [2.45, 2.75) is 32.9 Å². The van der Waals surface area contributed by atoms with Crippen LogP contribution in [0, 0.1) is 5.92 Å². The van der Waals surface area contributed by atoms with E-state index in [-0.39, 0.29) is 6.04 Å². The van der Waals surface area contributed by atoms with E-state index in [9.17, 15) is 0 Å². The Morgan fingerprint density at radius 3 is 2.62 bits per heavy atom. The molecule has 0 aliphatic carbocycles. The average Bonchev–Trinajstić information content (AvgIpc) is 2.85. The van der Waals surface area contributed by atoms with Crippen LogP contribution in [0.15, 0.2) is 24.5 Å². The van der Waals surface area contributed by atoms with Gasteiger partial charge in [-0.15, -0.1) is 0 Å². The predicted octanol–water partition coefficient (Wildman–Crippen LogP) is 3.74. The summed E-state index contributed by atoms with van der Waals surface area (Å²) in [5.41, 5.74) is 1.09. The van der Waals surface area contributed by atoms with Gasteiger partial charge in [0, 0.05) is 19.0 Å². The van der Waals surface area contributed by atoms with Gasteiger partial charge in [-0.05, 0) is 30.7 Å². The van der Waals surface area contributed by atoms with Gasteiger partial charge in [0.05, 0.1) is 10.0 Å². The number of aromatic nitrogens is 3. The van der Waals surface area contributed by atoms with E-state index < -0.39 is 0 Å². The highest BCUT2D eigenvalue weighted by Gasteiger charge is 2.16. The van der Waals surface area contributed by atoms with Gasteiger partial charge in [-0.1, -0.05) is 43.1 Å². The normalized spacial score (nSPS) is 12.9. The van der Waals surface area contributed by atoms with Crippen LogP contribution >= 0.6 is 23.2 Å². The Hall–Kier alpha value is -1.10. The number of rotatable bonds is 6. The fourth-order valence-electron chi connectivity index (χ4n) is 2.24. The van der Waals surface area contributed by atoms with Gasteiger partial charge < -0.3 is 5.32 Å². The second kappa shape index (κ2) is 7.25. The SMILES string of the molecule is CNC(Cc1ncnn1CC(C)C)c1ccc(Cl)c(Cl)c1. The molecule has 21 heavy (non-hydrogen) atoms. The van der Waals surface area contributed by atoms with Crippen LogP contribution in [-0.2, 0) is 13.0 Å². The van der Waals surface area contributed by atoms with Crippen LogP contribution in [0.3, 0.4) is 0 Å². The Morgan fingerprint density at radius 1 is 1.24 bits per heavy atom. The molecule has 0 saturated carbocycles. The van der Waals surface area contributed by atoms with Gasteiger partial charge in [0.1, 0.15) is 12.2 Å². The van der Waals surface area contributed by atoms with E-state index in [0.717, 1.165) is 24.4 Å². The van der Waals surface area contributed by atoms with Gasteiger partial charge in [-0.2, -0.15) is 5.10 Å². The summed E-state index contributed by atoms with van der Waals surface area (Å²) in [5.74, 6) is 1.50. The molecular weight excluding hydrogens is 307 g/mol. The lowest BCUT2D eigenvalue weighted by atomic mass is 10.0. The minimum Gasteiger partial charge on any atom is -0.313 e. The molecular formula is C15H20Cl2N4. The summed E-state index contributed by atoms with van der Waals surface area (Å²) in [6.45, 7) is 5.20. The Kier molecular flexibility index (Phi) is 5.62. The Bertz CT molecular complexity index is 595. The lowest BCUT2D eigenvalue weighted by Crippen LogP contribution is -2.22. The number of likely N-dealkylation sites (N-methyl/N-ethyl adjacent to an activating group) is 1. The van der Waals surface area contributed by atoms with Crippen molar-refractivity contribution in [2.24, 2.45) is 5.92 Å². The van der Waals surface area contributed by atoms with Crippen LogP contribution in [0.25, 0.3) is 0 Å². The Balaban J connectivity index is 2.19. The zero-order chi connectivity index (χ0) is 15.4. The lowest BCUT2D eigenvalue weighted by molar-refractivity contribution is 0.451. The first-order valence-electron chi connectivity index (χ1n) is 7.00. The molecule has 6 heteroatoms.